The fraction of sp³-hybridized carbons (Fsp3) is 0.444. The van der Waals surface area contributed by atoms with Crippen molar-refractivity contribution in [3.05, 3.63) is 41.3 Å². The highest BCUT2D eigenvalue weighted by atomic mass is 32.2. The van der Waals surface area contributed by atoms with Gasteiger partial charge in [0, 0.05) is 36.8 Å². The van der Waals surface area contributed by atoms with Crippen LogP contribution in [0.1, 0.15) is 50.5 Å². The van der Waals surface area contributed by atoms with Crippen molar-refractivity contribution in [1.29, 1.82) is 0 Å². The number of hydrogen-bond acceptors (Lipinski definition) is 8. The summed E-state index contributed by atoms with van der Waals surface area (Å²) in [6.45, 7) is 9.62. The molecule has 0 saturated heterocycles. The van der Waals surface area contributed by atoms with E-state index in [4.69, 9.17) is 19.4 Å². The van der Waals surface area contributed by atoms with E-state index in [1.54, 1.807) is 57.2 Å². The number of Topliss-reactive ketones (excluding diaryl/α,β-unsaturated/α-hetero) is 1. The molecule has 2 N–H and O–H groups in total. The van der Waals surface area contributed by atoms with E-state index in [0.717, 1.165) is 6.26 Å². The lowest BCUT2D eigenvalue weighted by Gasteiger charge is -2.27. The minimum absolute atomic E-state index is 0.0236. The Balaban J connectivity index is 2.13. The van der Waals surface area contributed by atoms with Gasteiger partial charge in [0.25, 0.3) is 0 Å². The average molecular weight is 550 g/mol. The minimum atomic E-state index is -3.83. The van der Waals surface area contributed by atoms with Crippen LogP contribution in [-0.2, 0) is 22.1 Å². The normalized spacial score (nSPS) is 12.0. The number of rotatable bonds is 10. The summed E-state index contributed by atoms with van der Waals surface area (Å²) in [7, 11) is -0.361. The van der Waals surface area contributed by atoms with Gasteiger partial charge in [-0.3, -0.25) is 4.79 Å². The van der Waals surface area contributed by atoms with Crippen LogP contribution in [-0.4, -0.2) is 52.3 Å². The zero-order valence-electron chi connectivity index (χ0n) is 23.1. The highest BCUT2D eigenvalue weighted by Gasteiger charge is 2.28. The van der Waals surface area contributed by atoms with Gasteiger partial charge in [-0.15, -0.1) is 0 Å². The fourth-order valence-corrected chi connectivity index (χ4v) is 4.67. The van der Waals surface area contributed by atoms with Gasteiger partial charge < -0.3 is 28.9 Å². The molecule has 208 valence electrons. The molecule has 2 aromatic carbocycles. The molecule has 3 rings (SSSR count). The smallest absolute Gasteiger partial charge is 0.306 e. The molecule has 0 radical (unpaired) electrons. The van der Waals surface area contributed by atoms with Crippen molar-refractivity contribution in [2.24, 2.45) is 0 Å². The summed E-state index contributed by atoms with van der Waals surface area (Å²) < 4.78 is 57.4. The standard InChI is InChI=1S/C27H36FN3O6S/c1-9-35-21-13-17-14-31(26(29)22(17)23(28)25(21)36-10-2)15-20(32)16-11-18(27(3,4)5)24(37-38(8,33)34)19(12-16)30(6)7/h11-14H,9-10,15,29H2,1-8H3. The number of hydrogen-bond donors (Lipinski definition) is 1. The molecule has 0 aliphatic heterocycles. The highest BCUT2D eigenvalue weighted by Crippen LogP contribution is 2.42. The zero-order valence-corrected chi connectivity index (χ0v) is 24.0. The van der Waals surface area contributed by atoms with Crippen molar-refractivity contribution in [3.8, 4) is 17.2 Å². The summed E-state index contributed by atoms with van der Waals surface area (Å²) in [5, 5.41) is 0.618. The van der Waals surface area contributed by atoms with Gasteiger partial charge in [-0.1, -0.05) is 20.8 Å². The Morgan fingerprint density at radius 1 is 1.08 bits per heavy atom. The molecule has 0 fully saturated rings. The van der Waals surface area contributed by atoms with Crippen LogP contribution in [0, 0.1) is 5.82 Å². The lowest BCUT2D eigenvalue weighted by molar-refractivity contribution is 0.0973. The molecule has 0 spiro atoms. The molecule has 9 nitrogen and oxygen atoms in total. The SMILES string of the molecule is CCOc1cc2cn(CC(=O)c3cc(N(C)C)c(OS(C)(=O)=O)c(C(C)(C)C)c3)c(N)c2c(F)c1OCC. The van der Waals surface area contributed by atoms with E-state index in [2.05, 4.69) is 0 Å². The van der Waals surface area contributed by atoms with Crippen LogP contribution in [0.4, 0.5) is 15.9 Å². The summed E-state index contributed by atoms with van der Waals surface area (Å²) in [6, 6.07) is 4.86. The van der Waals surface area contributed by atoms with Gasteiger partial charge in [0.2, 0.25) is 0 Å². The van der Waals surface area contributed by atoms with Crippen molar-refractivity contribution < 1.29 is 31.3 Å². The average Bonchev–Trinajstić information content (AvgIpc) is 3.09. The van der Waals surface area contributed by atoms with Crippen molar-refractivity contribution in [2.45, 2.75) is 46.6 Å². The van der Waals surface area contributed by atoms with Gasteiger partial charge in [-0.2, -0.15) is 8.42 Å². The molecule has 38 heavy (non-hydrogen) atoms. The lowest BCUT2D eigenvalue weighted by Crippen LogP contribution is -2.21. The topological polar surface area (TPSA) is 113 Å². The summed E-state index contributed by atoms with van der Waals surface area (Å²) in [5.74, 6) is -0.465. The molecule has 0 bridgehead atoms. The molecular weight excluding hydrogens is 513 g/mol. The number of halogens is 1. The van der Waals surface area contributed by atoms with Crippen molar-refractivity contribution in [2.75, 3.05) is 44.2 Å². The highest BCUT2D eigenvalue weighted by molar-refractivity contribution is 7.86. The molecule has 0 aliphatic rings. The molecule has 0 atom stereocenters. The van der Waals surface area contributed by atoms with E-state index in [9.17, 15) is 13.2 Å². The Bertz CT molecular complexity index is 1470. The fourth-order valence-electron chi connectivity index (χ4n) is 4.19. The molecule has 0 unspecified atom stereocenters. The molecule has 1 heterocycles. The van der Waals surface area contributed by atoms with E-state index < -0.39 is 21.4 Å². The molecule has 11 heteroatoms. The summed E-state index contributed by atoms with van der Waals surface area (Å²) in [4.78, 5) is 15.2. The first kappa shape index (κ1) is 29.1. The van der Waals surface area contributed by atoms with Crippen LogP contribution in [0.25, 0.3) is 10.8 Å². The largest absolute Gasteiger partial charge is 0.490 e. The second kappa shape index (κ2) is 10.7. The third-order valence-corrected chi connectivity index (χ3v) is 6.37. The summed E-state index contributed by atoms with van der Waals surface area (Å²) in [6.07, 6.45) is 2.58. The van der Waals surface area contributed by atoms with Gasteiger partial charge >= 0.3 is 10.1 Å². The Morgan fingerprint density at radius 2 is 1.71 bits per heavy atom. The van der Waals surface area contributed by atoms with Crippen LogP contribution in [0.5, 0.6) is 17.2 Å². The van der Waals surface area contributed by atoms with Gasteiger partial charge in [0.15, 0.2) is 28.8 Å². The predicted octanol–water partition coefficient (Wildman–Crippen LogP) is 4.74. The number of nitrogen functional groups attached to an aromatic ring is 1. The molecule has 0 amide bonds. The molecule has 0 aliphatic carbocycles. The quantitative estimate of drug-likeness (QED) is 0.285. The first-order valence-corrected chi connectivity index (χ1v) is 14.1. The van der Waals surface area contributed by atoms with E-state index in [-0.39, 0.29) is 47.4 Å². The van der Waals surface area contributed by atoms with E-state index in [1.807, 2.05) is 20.8 Å². The number of carbonyl (C=O) groups is 1. The summed E-state index contributed by atoms with van der Waals surface area (Å²) >= 11 is 0. The third-order valence-electron chi connectivity index (χ3n) is 5.90. The van der Waals surface area contributed by atoms with Crippen LogP contribution in [0.15, 0.2) is 24.4 Å². The number of ketones is 1. The van der Waals surface area contributed by atoms with Gasteiger partial charge in [0.1, 0.15) is 5.82 Å². The Morgan fingerprint density at radius 3 is 2.24 bits per heavy atom. The third kappa shape index (κ3) is 5.98. The Hall–Kier alpha value is -3.47. The monoisotopic (exact) mass is 549 g/mol. The van der Waals surface area contributed by atoms with Gasteiger partial charge in [-0.05, 0) is 37.5 Å². The maximum atomic E-state index is 15.4. The minimum Gasteiger partial charge on any atom is -0.490 e. The van der Waals surface area contributed by atoms with Crippen LogP contribution in [0.3, 0.4) is 0 Å². The lowest BCUT2D eigenvalue weighted by atomic mass is 9.84. The van der Waals surface area contributed by atoms with Crippen molar-refractivity contribution in [1.82, 2.24) is 4.57 Å². The molecule has 0 saturated carbocycles. The van der Waals surface area contributed by atoms with E-state index >= 15 is 4.39 Å². The first-order chi connectivity index (χ1) is 17.6. The van der Waals surface area contributed by atoms with Crippen molar-refractivity contribution >= 4 is 38.2 Å². The van der Waals surface area contributed by atoms with Gasteiger partial charge in [-0.25, -0.2) is 4.39 Å². The van der Waals surface area contributed by atoms with Crippen LogP contribution < -0.4 is 24.3 Å². The number of nitrogens with two attached hydrogens (primary N) is 1. The summed E-state index contributed by atoms with van der Waals surface area (Å²) in [5.41, 5.74) is 7.08. The van der Waals surface area contributed by atoms with Crippen molar-refractivity contribution in [3.63, 3.8) is 0 Å². The first-order valence-electron chi connectivity index (χ1n) is 12.2. The number of carbonyl (C=O) groups excluding carboxylic acids is 1. The number of ether oxygens (including phenoxy) is 2. The molecule has 1 aromatic heterocycles. The number of anilines is 2. The Labute approximate surface area is 223 Å². The van der Waals surface area contributed by atoms with Crippen LogP contribution in [0.2, 0.25) is 0 Å². The Kier molecular flexibility index (Phi) is 8.21. The van der Waals surface area contributed by atoms with Crippen LogP contribution >= 0.6 is 0 Å². The van der Waals surface area contributed by atoms with Gasteiger partial charge in [0.05, 0.1) is 37.1 Å². The predicted molar refractivity (Wildman–Crippen MR) is 148 cm³/mol. The second-order valence-electron chi connectivity index (χ2n) is 10.2. The number of aromatic nitrogens is 1. The number of benzene rings is 2. The number of nitrogens with zero attached hydrogens (tertiary/aromatic N) is 2. The van der Waals surface area contributed by atoms with E-state index in [0.29, 0.717) is 28.8 Å². The number of fused-ring (bicyclic) bond motifs is 1. The van der Waals surface area contributed by atoms with E-state index in [1.165, 1.54) is 4.57 Å². The molecule has 3 aromatic rings. The maximum absolute atomic E-state index is 15.4. The molecular formula is C27H36FN3O6S. The second-order valence-corrected chi connectivity index (χ2v) is 11.8. The maximum Gasteiger partial charge on any atom is 0.306 e. The zero-order chi connectivity index (χ0) is 28.6.